The molecule has 3 aromatic rings. The molecule has 0 aliphatic rings. The van der Waals surface area contributed by atoms with Gasteiger partial charge in [0.2, 0.25) is 0 Å². The van der Waals surface area contributed by atoms with Gasteiger partial charge in [-0.3, -0.25) is 9.36 Å². The first-order chi connectivity index (χ1) is 11.6. The summed E-state index contributed by atoms with van der Waals surface area (Å²) in [5.74, 6) is 0.304. The van der Waals surface area contributed by atoms with E-state index in [2.05, 4.69) is 15.5 Å². The third-order valence-corrected chi connectivity index (χ3v) is 3.67. The van der Waals surface area contributed by atoms with Crippen LogP contribution >= 0.6 is 0 Å². The lowest BCUT2D eigenvalue weighted by molar-refractivity contribution is 0.0903. The van der Waals surface area contributed by atoms with Crippen LogP contribution < -0.4 is 5.32 Å². The van der Waals surface area contributed by atoms with Crippen LogP contribution in [0.4, 0.5) is 0 Å². The van der Waals surface area contributed by atoms with Crippen LogP contribution in [0.5, 0.6) is 0 Å². The van der Waals surface area contributed by atoms with Crippen LogP contribution in [0.25, 0.3) is 5.69 Å². The van der Waals surface area contributed by atoms with Crippen molar-refractivity contribution < 1.29 is 14.3 Å². The summed E-state index contributed by atoms with van der Waals surface area (Å²) >= 11 is 0. The quantitative estimate of drug-likeness (QED) is 0.723. The van der Waals surface area contributed by atoms with E-state index in [0.29, 0.717) is 17.7 Å². The molecule has 0 aliphatic carbocycles. The van der Waals surface area contributed by atoms with Gasteiger partial charge in [-0.1, -0.05) is 0 Å². The maximum Gasteiger partial charge on any atom is 0.251 e. The van der Waals surface area contributed by atoms with Gasteiger partial charge in [0, 0.05) is 23.7 Å². The molecular formula is C17H18N4O3. The SMILES string of the molecule is CC(CC(O)c1ccco1)NC(=O)c1ccc(-n2cnnc2)cc1. The number of carbonyl (C=O) groups excluding carboxylic acids is 1. The number of hydrogen-bond acceptors (Lipinski definition) is 5. The van der Waals surface area contributed by atoms with Crippen molar-refractivity contribution in [1.82, 2.24) is 20.1 Å². The molecule has 0 saturated carbocycles. The number of rotatable bonds is 6. The highest BCUT2D eigenvalue weighted by molar-refractivity contribution is 5.94. The van der Waals surface area contributed by atoms with Gasteiger partial charge in [0.25, 0.3) is 5.91 Å². The Kier molecular flexibility index (Phi) is 4.72. The van der Waals surface area contributed by atoms with Crippen molar-refractivity contribution in [1.29, 1.82) is 0 Å². The number of furan rings is 1. The fourth-order valence-electron chi connectivity index (χ4n) is 2.42. The highest BCUT2D eigenvalue weighted by atomic mass is 16.4. The average Bonchev–Trinajstić information content (AvgIpc) is 3.28. The third kappa shape index (κ3) is 3.69. The van der Waals surface area contributed by atoms with Crippen molar-refractivity contribution in [2.24, 2.45) is 0 Å². The van der Waals surface area contributed by atoms with Crippen molar-refractivity contribution in [3.05, 3.63) is 66.6 Å². The van der Waals surface area contributed by atoms with Gasteiger partial charge in [-0.2, -0.15) is 0 Å². The van der Waals surface area contributed by atoms with Gasteiger partial charge in [0.15, 0.2) is 0 Å². The van der Waals surface area contributed by atoms with Gasteiger partial charge in [-0.15, -0.1) is 10.2 Å². The molecule has 2 unspecified atom stereocenters. The van der Waals surface area contributed by atoms with Gasteiger partial charge in [0.05, 0.1) is 6.26 Å². The predicted molar refractivity (Wildman–Crippen MR) is 86.6 cm³/mol. The molecule has 2 aromatic heterocycles. The van der Waals surface area contributed by atoms with Crippen molar-refractivity contribution in [3.8, 4) is 5.69 Å². The van der Waals surface area contributed by atoms with Crippen LogP contribution in [0.1, 0.15) is 35.6 Å². The number of nitrogens with one attached hydrogen (secondary N) is 1. The molecule has 124 valence electrons. The molecule has 0 bridgehead atoms. The lowest BCUT2D eigenvalue weighted by atomic mass is 10.1. The lowest BCUT2D eigenvalue weighted by Crippen LogP contribution is -2.33. The van der Waals surface area contributed by atoms with Crippen LogP contribution in [0.2, 0.25) is 0 Å². The summed E-state index contributed by atoms with van der Waals surface area (Å²) in [6, 6.07) is 10.3. The van der Waals surface area contributed by atoms with Crippen LogP contribution in [0.15, 0.2) is 59.7 Å². The van der Waals surface area contributed by atoms with Crippen LogP contribution in [-0.2, 0) is 0 Å². The zero-order valence-corrected chi connectivity index (χ0v) is 13.2. The van der Waals surface area contributed by atoms with E-state index in [0.717, 1.165) is 5.69 Å². The van der Waals surface area contributed by atoms with E-state index >= 15 is 0 Å². The monoisotopic (exact) mass is 326 g/mol. The second-order valence-electron chi connectivity index (χ2n) is 5.56. The second kappa shape index (κ2) is 7.10. The fourth-order valence-corrected chi connectivity index (χ4v) is 2.42. The summed E-state index contributed by atoms with van der Waals surface area (Å²) in [7, 11) is 0. The van der Waals surface area contributed by atoms with Gasteiger partial charge in [-0.05, 0) is 43.3 Å². The maximum absolute atomic E-state index is 12.3. The number of aliphatic hydroxyl groups is 1. The Morgan fingerprint density at radius 3 is 2.58 bits per heavy atom. The molecule has 1 aromatic carbocycles. The van der Waals surface area contributed by atoms with Crippen LogP contribution in [-0.4, -0.2) is 31.8 Å². The molecule has 0 aliphatic heterocycles. The highest BCUT2D eigenvalue weighted by Gasteiger charge is 2.17. The minimum atomic E-state index is -0.744. The highest BCUT2D eigenvalue weighted by Crippen LogP contribution is 2.18. The molecule has 2 heterocycles. The van der Waals surface area contributed by atoms with Crippen molar-refractivity contribution in [3.63, 3.8) is 0 Å². The van der Waals surface area contributed by atoms with E-state index in [1.807, 2.05) is 19.1 Å². The molecule has 0 saturated heterocycles. The van der Waals surface area contributed by atoms with Crippen LogP contribution in [0, 0.1) is 0 Å². The van der Waals surface area contributed by atoms with Gasteiger partial charge in [0.1, 0.15) is 24.5 Å². The first-order valence-corrected chi connectivity index (χ1v) is 7.61. The summed E-state index contributed by atoms with van der Waals surface area (Å²) in [6.07, 6.45) is 4.32. The average molecular weight is 326 g/mol. The summed E-state index contributed by atoms with van der Waals surface area (Å²) in [5, 5.41) is 20.4. The minimum absolute atomic E-state index is 0.190. The Hall–Kier alpha value is -2.93. The largest absolute Gasteiger partial charge is 0.467 e. The Morgan fingerprint density at radius 2 is 1.96 bits per heavy atom. The summed E-state index contributed by atoms with van der Waals surface area (Å²) in [5.41, 5.74) is 1.42. The van der Waals surface area contributed by atoms with Gasteiger partial charge in [-0.25, -0.2) is 0 Å². The molecule has 24 heavy (non-hydrogen) atoms. The van der Waals surface area contributed by atoms with Crippen molar-refractivity contribution >= 4 is 5.91 Å². The smallest absolute Gasteiger partial charge is 0.251 e. The summed E-state index contributed by atoms with van der Waals surface area (Å²) in [6.45, 7) is 1.84. The minimum Gasteiger partial charge on any atom is -0.467 e. The number of nitrogens with zero attached hydrogens (tertiary/aromatic N) is 3. The van der Waals surface area contributed by atoms with Crippen LogP contribution in [0.3, 0.4) is 0 Å². The van der Waals surface area contributed by atoms with E-state index in [4.69, 9.17) is 4.42 Å². The van der Waals surface area contributed by atoms with E-state index < -0.39 is 6.10 Å². The van der Waals surface area contributed by atoms with Gasteiger partial charge >= 0.3 is 0 Å². The first-order valence-electron chi connectivity index (χ1n) is 7.61. The van der Waals surface area contributed by atoms with E-state index in [1.54, 1.807) is 41.5 Å². The third-order valence-electron chi connectivity index (χ3n) is 3.67. The Bertz CT molecular complexity index is 767. The first kappa shape index (κ1) is 15.9. The van der Waals surface area contributed by atoms with E-state index in [1.165, 1.54) is 6.26 Å². The number of aromatic nitrogens is 3. The topological polar surface area (TPSA) is 93.2 Å². The number of amides is 1. The summed E-state index contributed by atoms with van der Waals surface area (Å²) < 4.78 is 6.91. The number of aliphatic hydroxyl groups excluding tert-OH is 1. The van der Waals surface area contributed by atoms with E-state index in [9.17, 15) is 9.90 Å². The molecule has 3 rings (SSSR count). The second-order valence-corrected chi connectivity index (χ2v) is 5.56. The standard InChI is InChI=1S/C17H18N4O3/c1-12(9-15(22)16-3-2-8-24-16)20-17(23)13-4-6-14(7-5-13)21-10-18-19-11-21/h2-8,10-12,15,22H,9H2,1H3,(H,20,23). The van der Waals surface area contributed by atoms with Crippen molar-refractivity contribution in [2.45, 2.75) is 25.5 Å². The zero-order valence-electron chi connectivity index (χ0n) is 13.2. The lowest BCUT2D eigenvalue weighted by Gasteiger charge is -2.17. The van der Waals surface area contributed by atoms with E-state index in [-0.39, 0.29) is 11.9 Å². The molecule has 0 fully saturated rings. The molecule has 0 radical (unpaired) electrons. The Balaban J connectivity index is 1.58. The number of hydrogen-bond donors (Lipinski definition) is 2. The molecule has 7 heteroatoms. The van der Waals surface area contributed by atoms with Gasteiger partial charge < -0.3 is 14.8 Å². The molecule has 0 spiro atoms. The fraction of sp³-hybridized carbons (Fsp3) is 0.235. The molecule has 7 nitrogen and oxygen atoms in total. The Morgan fingerprint density at radius 1 is 1.25 bits per heavy atom. The van der Waals surface area contributed by atoms with Crippen molar-refractivity contribution in [2.75, 3.05) is 0 Å². The predicted octanol–water partition coefficient (Wildman–Crippen LogP) is 2.10. The molecule has 2 N–H and O–H groups in total. The summed E-state index contributed by atoms with van der Waals surface area (Å²) in [4.78, 5) is 12.3. The zero-order chi connectivity index (χ0) is 16.9. The maximum atomic E-state index is 12.3. The number of benzene rings is 1. The normalized spacial score (nSPS) is 13.4. The Labute approximate surface area is 138 Å². The molecular weight excluding hydrogens is 308 g/mol. The number of carbonyl (C=O) groups is 1. The molecule has 1 amide bonds. The molecule has 2 atom stereocenters.